The molecule has 0 aromatic rings. The molecule has 0 aromatic carbocycles. The second kappa shape index (κ2) is 2.22. The molecular formula is C3H9N3Se. The van der Waals surface area contributed by atoms with E-state index in [4.69, 9.17) is 5.53 Å². The third-order valence-electron chi connectivity index (χ3n) is 0.281. The first-order valence-corrected chi connectivity index (χ1v) is 7.71. The van der Waals surface area contributed by atoms with Gasteiger partial charge in [0, 0.05) is 0 Å². The van der Waals surface area contributed by atoms with Gasteiger partial charge in [0.2, 0.25) is 0 Å². The van der Waals surface area contributed by atoms with Crippen molar-refractivity contribution >= 4 is 13.1 Å². The summed E-state index contributed by atoms with van der Waals surface area (Å²) in [6, 6.07) is 0. The molecule has 0 amide bonds. The summed E-state index contributed by atoms with van der Waals surface area (Å²) in [4.78, 5) is 2.70. The molecule has 0 rings (SSSR count). The standard InChI is InChI=1S/C3H9N3Se/c1-7(2,3)6-5-4/h1-3H3. The van der Waals surface area contributed by atoms with Gasteiger partial charge in [-0.15, -0.1) is 0 Å². The average molecular weight is 166 g/mol. The SMILES string of the molecule is C[Se](C)(C)N=[N+]=[N-]. The molecule has 0 unspecified atom stereocenters. The molecule has 0 saturated heterocycles. The van der Waals surface area contributed by atoms with Crippen LogP contribution in [0, 0.1) is 0 Å². The van der Waals surface area contributed by atoms with Crippen LogP contribution in [0.5, 0.6) is 0 Å². The van der Waals surface area contributed by atoms with Crippen molar-refractivity contribution in [3.8, 4) is 0 Å². The van der Waals surface area contributed by atoms with Gasteiger partial charge in [-0.2, -0.15) is 0 Å². The van der Waals surface area contributed by atoms with E-state index in [1.807, 2.05) is 17.5 Å². The van der Waals surface area contributed by atoms with Crippen LogP contribution in [0.1, 0.15) is 0 Å². The van der Waals surface area contributed by atoms with Crippen LogP contribution in [-0.2, 0) is 0 Å². The second-order valence-electron chi connectivity index (χ2n) is 1.94. The van der Waals surface area contributed by atoms with Gasteiger partial charge in [-0.3, -0.25) is 0 Å². The van der Waals surface area contributed by atoms with Gasteiger partial charge in [-0.25, -0.2) is 0 Å². The van der Waals surface area contributed by atoms with Gasteiger partial charge < -0.3 is 0 Å². The summed E-state index contributed by atoms with van der Waals surface area (Å²) in [5, 5.41) is 0. The fraction of sp³-hybridized carbons (Fsp3) is 1.00. The van der Waals surface area contributed by atoms with Crippen molar-refractivity contribution < 1.29 is 0 Å². The zero-order valence-electron chi connectivity index (χ0n) is 4.75. The molecular weight excluding hydrogens is 157 g/mol. The van der Waals surface area contributed by atoms with Crippen LogP contribution >= 0.6 is 0 Å². The predicted octanol–water partition coefficient (Wildman–Crippen LogP) is 2.13. The van der Waals surface area contributed by atoms with Gasteiger partial charge in [0.05, 0.1) is 0 Å². The summed E-state index contributed by atoms with van der Waals surface area (Å²) in [6.45, 7) is 0. The fourth-order valence-corrected chi connectivity index (χ4v) is 0.569. The Labute approximate surface area is 45.8 Å². The number of azide groups is 1. The second-order valence-corrected chi connectivity index (χ2v) is 9.72. The van der Waals surface area contributed by atoms with Crippen molar-refractivity contribution in [2.75, 3.05) is 0 Å². The van der Waals surface area contributed by atoms with Gasteiger partial charge in [0.15, 0.2) is 0 Å². The Morgan fingerprint density at radius 2 is 1.86 bits per heavy atom. The topological polar surface area (TPSA) is 48.8 Å². The molecule has 0 aromatic heterocycles. The Morgan fingerprint density at radius 1 is 1.43 bits per heavy atom. The molecule has 0 aliphatic heterocycles. The quantitative estimate of drug-likeness (QED) is 0.248. The van der Waals surface area contributed by atoms with E-state index >= 15 is 0 Å². The maximum atomic E-state index is 7.90. The molecule has 0 radical (unpaired) electrons. The zero-order valence-corrected chi connectivity index (χ0v) is 6.46. The number of hydrogen-bond donors (Lipinski definition) is 0. The fourth-order valence-electron chi connectivity index (χ4n) is 0.110. The van der Waals surface area contributed by atoms with E-state index in [2.05, 4.69) is 9.04 Å². The van der Waals surface area contributed by atoms with Crippen LogP contribution in [0.25, 0.3) is 10.4 Å². The Kier molecular flexibility index (Phi) is 2.16. The van der Waals surface area contributed by atoms with Crippen molar-refractivity contribution in [1.82, 2.24) is 0 Å². The van der Waals surface area contributed by atoms with Gasteiger partial charge in [-0.1, -0.05) is 0 Å². The van der Waals surface area contributed by atoms with Crippen LogP contribution in [0.3, 0.4) is 0 Å². The van der Waals surface area contributed by atoms with E-state index in [9.17, 15) is 0 Å². The van der Waals surface area contributed by atoms with E-state index in [-0.39, 0.29) is 0 Å². The molecule has 0 heterocycles. The van der Waals surface area contributed by atoms with E-state index < -0.39 is 13.1 Å². The Morgan fingerprint density at radius 3 is 1.86 bits per heavy atom. The van der Waals surface area contributed by atoms with Crippen LogP contribution in [0.4, 0.5) is 0 Å². The van der Waals surface area contributed by atoms with Crippen LogP contribution in [-0.4, -0.2) is 13.1 Å². The Bertz CT molecular complexity index is 97.2. The van der Waals surface area contributed by atoms with Crippen molar-refractivity contribution in [2.45, 2.75) is 17.5 Å². The molecule has 0 fully saturated rings. The minimum absolute atomic E-state index is 1.60. The molecule has 0 bridgehead atoms. The van der Waals surface area contributed by atoms with Gasteiger partial charge >= 0.3 is 45.1 Å². The van der Waals surface area contributed by atoms with Crippen LogP contribution < -0.4 is 0 Å². The molecule has 3 nitrogen and oxygen atoms in total. The summed E-state index contributed by atoms with van der Waals surface area (Å²) < 4.78 is 3.59. The first-order valence-electron chi connectivity index (χ1n) is 1.81. The Hall–Kier alpha value is -0.171. The average Bonchev–Trinajstić information content (AvgIpc) is 1.30. The van der Waals surface area contributed by atoms with Crippen LogP contribution in [0.2, 0.25) is 17.5 Å². The molecule has 0 saturated carbocycles. The molecule has 7 heavy (non-hydrogen) atoms. The van der Waals surface area contributed by atoms with E-state index in [1.54, 1.807) is 0 Å². The maximum absolute atomic E-state index is 7.90. The van der Waals surface area contributed by atoms with Crippen LogP contribution in [0.15, 0.2) is 4.13 Å². The predicted molar refractivity (Wildman–Crippen MR) is 32.5 cm³/mol. The molecule has 0 aliphatic rings. The van der Waals surface area contributed by atoms with Crippen molar-refractivity contribution in [1.29, 1.82) is 0 Å². The van der Waals surface area contributed by atoms with Crippen molar-refractivity contribution in [3.05, 3.63) is 10.4 Å². The van der Waals surface area contributed by atoms with Crippen molar-refractivity contribution in [3.63, 3.8) is 0 Å². The minimum atomic E-state index is -1.60. The van der Waals surface area contributed by atoms with Gasteiger partial charge in [-0.05, 0) is 0 Å². The Balaban J connectivity index is 3.80. The van der Waals surface area contributed by atoms with Gasteiger partial charge in [0.1, 0.15) is 0 Å². The number of rotatable bonds is 1. The first-order chi connectivity index (χ1) is 3.06. The third-order valence-corrected chi connectivity index (χ3v) is 1.46. The normalized spacial score (nSPS) is 12.4. The first kappa shape index (κ1) is 6.83. The third kappa shape index (κ3) is 5.83. The molecule has 0 spiro atoms. The molecule has 4 heteroatoms. The van der Waals surface area contributed by atoms with Crippen molar-refractivity contribution in [2.24, 2.45) is 4.13 Å². The molecule has 42 valence electrons. The summed E-state index contributed by atoms with van der Waals surface area (Å²) in [5.74, 6) is 6.03. The number of hydrogen-bond acceptors (Lipinski definition) is 1. The monoisotopic (exact) mass is 167 g/mol. The number of nitrogens with zero attached hydrogens (tertiary/aromatic N) is 3. The van der Waals surface area contributed by atoms with E-state index in [0.29, 0.717) is 0 Å². The zero-order chi connectivity index (χ0) is 5.91. The van der Waals surface area contributed by atoms with E-state index in [1.165, 1.54) is 0 Å². The van der Waals surface area contributed by atoms with Gasteiger partial charge in [0.25, 0.3) is 0 Å². The molecule has 0 N–H and O–H groups in total. The summed E-state index contributed by atoms with van der Waals surface area (Å²) in [6.07, 6.45) is 0. The van der Waals surface area contributed by atoms with E-state index in [0.717, 1.165) is 0 Å². The summed E-state index contributed by atoms with van der Waals surface area (Å²) >= 11 is -1.60. The summed E-state index contributed by atoms with van der Waals surface area (Å²) in [7, 11) is 0. The molecule has 0 atom stereocenters. The molecule has 0 aliphatic carbocycles. The summed E-state index contributed by atoms with van der Waals surface area (Å²) in [5.41, 5.74) is 7.90.